The molecule has 3 aromatic rings. The molecule has 0 spiro atoms. The molecule has 2 aliphatic rings. The molecule has 1 aliphatic carbocycles. The summed E-state index contributed by atoms with van der Waals surface area (Å²) in [4.78, 5) is 41.8. The van der Waals surface area contributed by atoms with Gasteiger partial charge in [-0.1, -0.05) is 55.5 Å². The molecule has 10 heteroatoms. The Morgan fingerprint density at radius 1 is 0.977 bits per heavy atom. The SMILES string of the molecule is COCCOCCOc1ccc(C2NC(=O)N([C@H](C(=O)Nc3ccc(C4CC4)cc3F)[C@@H](C)c3ccccc3)C2=O)cc1. The molecule has 5 rings (SSSR count). The van der Waals surface area contributed by atoms with Gasteiger partial charge in [0.05, 0.1) is 25.5 Å². The maximum absolute atomic E-state index is 15.0. The van der Waals surface area contributed by atoms with E-state index in [9.17, 15) is 18.8 Å². The van der Waals surface area contributed by atoms with Gasteiger partial charge < -0.3 is 24.8 Å². The lowest BCUT2D eigenvalue weighted by Crippen LogP contribution is -2.50. The van der Waals surface area contributed by atoms with E-state index in [2.05, 4.69) is 10.6 Å². The first kappa shape index (κ1) is 30.2. The van der Waals surface area contributed by atoms with Crippen molar-refractivity contribution in [1.82, 2.24) is 10.2 Å². The molecule has 0 aromatic heterocycles. The van der Waals surface area contributed by atoms with Crippen LogP contribution in [-0.2, 0) is 19.1 Å². The molecular weight excluding hydrogens is 553 g/mol. The molecule has 4 amide bonds. The van der Waals surface area contributed by atoms with Gasteiger partial charge in [0.1, 0.15) is 30.3 Å². The fourth-order valence-electron chi connectivity index (χ4n) is 5.22. The molecular formula is C33H36FN3O6. The minimum Gasteiger partial charge on any atom is -0.491 e. The smallest absolute Gasteiger partial charge is 0.325 e. The van der Waals surface area contributed by atoms with Gasteiger partial charge in [-0.05, 0) is 59.7 Å². The molecule has 1 saturated heterocycles. The number of methoxy groups -OCH3 is 1. The van der Waals surface area contributed by atoms with Gasteiger partial charge >= 0.3 is 6.03 Å². The van der Waals surface area contributed by atoms with Gasteiger partial charge in [-0.15, -0.1) is 0 Å². The highest BCUT2D eigenvalue weighted by atomic mass is 19.1. The van der Waals surface area contributed by atoms with E-state index in [1.165, 1.54) is 12.1 Å². The van der Waals surface area contributed by atoms with Crippen LogP contribution in [0.3, 0.4) is 0 Å². The molecule has 0 radical (unpaired) electrons. The number of urea groups is 1. The van der Waals surface area contributed by atoms with Crippen LogP contribution in [0.25, 0.3) is 0 Å². The van der Waals surface area contributed by atoms with E-state index >= 15 is 0 Å². The monoisotopic (exact) mass is 589 g/mol. The van der Waals surface area contributed by atoms with Crippen molar-refractivity contribution in [1.29, 1.82) is 0 Å². The number of nitrogens with one attached hydrogen (secondary N) is 2. The third-order valence-corrected chi connectivity index (χ3v) is 7.76. The Morgan fingerprint density at radius 3 is 2.35 bits per heavy atom. The van der Waals surface area contributed by atoms with Crippen LogP contribution >= 0.6 is 0 Å². The van der Waals surface area contributed by atoms with E-state index in [-0.39, 0.29) is 5.69 Å². The van der Waals surface area contributed by atoms with E-state index in [0.29, 0.717) is 43.7 Å². The van der Waals surface area contributed by atoms with Crippen LogP contribution < -0.4 is 15.4 Å². The van der Waals surface area contributed by atoms with E-state index in [4.69, 9.17) is 14.2 Å². The number of halogens is 1. The summed E-state index contributed by atoms with van der Waals surface area (Å²) in [5, 5.41) is 5.36. The van der Waals surface area contributed by atoms with Crippen LogP contribution in [0, 0.1) is 5.82 Å². The highest BCUT2D eigenvalue weighted by molar-refractivity contribution is 6.10. The van der Waals surface area contributed by atoms with Crippen molar-refractivity contribution in [2.75, 3.05) is 38.9 Å². The molecule has 43 heavy (non-hydrogen) atoms. The van der Waals surface area contributed by atoms with Crippen LogP contribution in [0.4, 0.5) is 14.9 Å². The van der Waals surface area contributed by atoms with Gasteiger partial charge in [0, 0.05) is 13.0 Å². The molecule has 9 nitrogen and oxygen atoms in total. The predicted octanol–water partition coefficient (Wildman–Crippen LogP) is 5.15. The largest absolute Gasteiger partial charge is 0.491 e. The fourth-order valence-corrected chi connectivity index (χ4v) is 5.22. The summed E-state index contributed by atoms with van der Waals surface area (Å²) in [5.41, 5.74) is 2.19. The minimum atomic E-state index is -1.23. The van der Waals surface area contributed by atoms with E-state index < -0.39 is 41.7 Å². The number of carbonyl (C=O) groups is 3. The maximum atomic E-state index is 15.0. The number of imide groups is 1. The lowest BCUT2D eigenvalue weighted by Gasteiger charge is -2.30. The van der Waals surface area contributed by atoms with Gasteiger partial charge in [0.25, 0.3) is 5.91 Å². The van der Waals surface area contributed by atoms with E-state index in [1.54, 1.807) is 44.4 Å². The second kappa shape index (κ2) is 13.8. The summed E-state index contributed by atoms with van der Waals surface area (Å²) >= 11 is 0. The zero-order valence-corrected chi connectivity index (χ0v) is 24.3. The summed E-state index contributed by atoms with van der Waals surface area (Å²) in [7, 11) is 1.60. The number of nitrogens with zero attached hydrogens (tertiary/aromatic N) is 1. The third-order valence-electron chi connectivity index (χ3n) is 7.76. The first-order valence-electron chi connectivity index (χ1n) is 14.5. The van der Waals surface area contributed by atoms with Gasteiger partial charge in [-0.3, -0.25) is 9.59 Å². The summed E-state index contributed by atoms with van der Waals surface area (Å²) in [6, 6.07) is 17.8. The van der Waals surface area contributed by atoms with Crippen molar-refractivity contribution in [3.8, 4) is 5.75 Å². The summed E-state index contributed by atoms with van der Waals surface area (Å²) in [6.45, 7) is 3.49. The summed E-state index contributed by atoms with van der Waals surface area (Å²) < 4.78 is 31.0. The van der Waals surface area contributed by atoms with Crippen molar-refractivity contribution in [2.45, 2.75) is 43.7 Å². The predicted molar refractivity (Wildman–Crippen MR) is 158 cm³/mol. The lowest BCUT2D eigenvalue weighted by molar-refractivity contribution is -0.134. The molecule has 226 valence electrons. The second-order valence-electron chi connectivity index (χ2n) is 10.8. The van der Waals surface area contributed by atoms with Crippen LogP contribution in [0.1, 0.15) is 54.3 Å². The zero-order valence-electron chi connectivity index (χ0n) is 24.3. The number of rotatable bonds is 14. The Labute approximate surface area is 250 Å². The van der Waals surface area contributed by atoms with Crippen molar-refractivity contribution < 1.29 is 33.0 Å². The first-order valence-corrected chi connectivity index (χ1v) is 14.5. The molecule has 0 bridgehead atoms. The van der Waals surface area contributed by atoms with Crippen molar-refractivity contribution >= 4 is 23.5 Å². The summed E-state index contributed by atoms with van der Waals surface area (Å²) in [5.74, 6) is -1.42. The van der Waals surface area contributed by atoms with Crippen molar-refractivity contribution in [3.05, 3.63) is 95.3 Å². The molecule has 2 N–H and O–H groups in total. The van der Waals surface area contributed by atoms with Gasteiger partial charge in [-0.2, -0.15) is 0 Å². The minimum absolute atomic E-state index is 0.00273. The molecule has 2 fully saturated rings. The highest BCUT2D eigenvalue weighted by Gasteiger charge is 2.47. The maximum Gasteiger partial charge on any atom is 0.325 e. The Bertz CT molecular complexity index is 1430. The Morgan fingerprint density at radius 2 is 1.67 bits per heavy atom. The number of hydrogen-bond donors (Lipinski definition) is 2. The normalized spacial score (nSPS) is 17.8. The zero-order chi connectivity index (χ0) is 30.3. The number of hydrogen-bond acceptors (Lipinski definition) is 6. The highest BCUT2D eigenvalue weighted by Crippen LogP contribution is 2.41. The average molecular weight is 590 g/mol. The quantitative estimate of drug-likeness (QED) is 0.199. The number of amides is 4. The van der Waals surface area contributed by atoms with Crippen LogP contribution in [0.5, 0.6) is 5.75 Å². The molecule has 3 atom stereocenters. The van der Waals surface area contributed by atoms with Crippen LogP contribution in [0.2, 0.25) is 0 Å². The van der Waals surface area contributed by atoms with E-state index in [0.717, 1.165) is 28.9 Å². The molecule has 1 heterocycles. The third kappa shape index (κ3) is 7.21. The molecule has 1 saturated carbocycles. The molecule has 1 aliphatic heterocycles. The van der Waals surface area contributed by atoms with Crippen LogP contribution in [0.15, 0.2) is 72.8 Å². The number of ether oxygens (including phenoxy) is 3. The Kier molecular flexibility index (Phi) is 9.68. The standard InChI is InChI=1S/C33H36FN3O6/c1-21(22-6-4-3-5-7-22)30(31(38)35-28-15-12-25(20-27(28)34)23-8-9-23)37-32(39)29(36-33(37)40)24-10-13-26(14-11-24)43-19-18-42-17-16-41-2/h3-7,10-15,20-21,23,29-30H,8-9,16-19H2,1-2H3,(H,35,38)(H,36,40)/t21-,29?,30-/m0/s1. The molecule has 3 aromatic carbocycles. The number of carbonyl (C=O) groups excluding carboxylic acids is 3. The second-order valence-corrected chi connectivity index (χ2v) is 10.8. The van der Waals surface area contributed by atoms with Crippen molar-refractivity contribution in [2.24, 2.45) is 0 Å². The Hall–Kier alpha value is -4.28. The number of benzene rings is 3. The topological polar surface area (TPSA) is 106 Å². The fraction of sp³-hybridized carbons (Fsp3) is 0.364. The average Bonchev–Trinajstić information content (AvgIpc) is 3.83. The van der Waals surface area contributed by atoms with Gasteiger partial charge in [-0.25, -0.2) is 14.1 Å². The molecule has 1 unspecified atom stereocenters. The van der Waals surface area contributed by atoms with Crippen LogP contribution in [-0.4, -0.2) is 62.3 Å². The lowest BCUT2D eigenvalue weighted by atomic mass is 9.91. The Balaban J connectivity index is 1.32. The number of anilines is 1. The first-order chi connectivity index (χ1) is 20.9. The van der Waals surface area contributed by atoms with E-state index in [1.807, 2.05) is 30.3 Å². The summed E-state index contributed by atoms with van der Waals surface area (Å²) in [6.07, 6.45) is 2.05. The van der Waals surface area contributed by atoms with Crippen molar-refractivity contribution in [3.63, 3.8) is 0 Å². The van der Waals surface area contributed by atoms with Gasteiger partial charge in [0.15, 0.2) is 0 Å². The van der Waals surface area contributed by atoms with Gasteiger partial charge in [0.2, 0.25) is 5.91 Å².